The third-order valence-corrected chi connectivity index (χ3v) is 3.69. The molecule has 0 fully saturated rings. The number of rotatable bonds is 5. The number of hydrogen-bond acceptors (Lipinski definition) is 5. The van der Waals surface area contributed by atoms with Gasteiger partial charge in [-0.2, -0.15) is 0 Å². The van der Waals surface area contributed by atoms with Crippen molar-refractivity contribution < 1.29 is 9.13 Å². The maximum atomic E-state index is 14.0. The fourth-order valence-corrected chi connectivity index (χ4v) is 2.51. The Morgan fingerprint density at radius 2 is 2.32 bits per heavy atom. The Kier molecular flexibility index (Phi) is 4.47. The summed E-state index contributed by atoms with van der Waals surface area (Å²) in [4.78, 5) is 4.36. The van der Waals surface area contributed by atoms with Crippen LogP contribution >= 0.6 is 11.3 Å². The predicted octanol–water partition coefficient (Wildman–Crippen LogP) is 2.35. The first-order valence-electron chi connectivity index (χ1n) is 5.84. The van der Waals surface area contributed by atoms with Crippen molar-refractivity contribution in [1.82, 2.24) is 10.4 Å². The lowest BCUT2D eigenvalue weighted by atomic mass is 10.0. The highest BCUT2D eigenvalue weighted by atomic mass is 32.1. The molecule has 1 atom stereocenters. The van der Waals surface area contributed by atoms with E-state index in [2.05, 4.69) is 10.4 Å². The van der Waals surface area contributed by atoms with Crippen LogP contribution < -0.4 is 16.0 Å². The Hall–Kier alpha value is -1.50. The molecule has 0 saturated carbocycles. The normalized spacial score (nSPS) is 12.4. The standard InChI is InChI=1S/C13H16FN3OS/c1-8-16-9(7-19-8)5-13(17-15)11-4-3-10(18-2)6-12(11)14/h3-4,6-7,13,17H,5,15H2,1-2H3. The van der Waals surface area contributed by atoms with Gasteiger partial charge in [0.2, 0.25) is 0 Å². The summed E-state index contributed by atoms with van der Waals surface area (Å²) in [6.07, 6.45) is 0.546. The van der Waals surface area contributed by atoms with E-state index in [1.54, 1.807) is 23.5 Å². The lowest BCUT2D eigenvalue weighted by Gasteiger charge is -2.16. The van der Waals surface area contributed by atoms with E-state index in [4.69, 9.17) is 10.6 Å². The number of methoxy groups -OCH3 is 1. The maximum absolute atomic E-state index is 14.0. The average molecular weight is 281 g/mol. The highest BCUT2D eigenvalue weighted by Gasteiger charge is 2.17. The summed E-state index contributed by atoms with van der Waals surface area (Å²) in [5.74, 6) is 5.68. The van der Waals surface area contributed by atoms with Crippen LogP contribution in [0, 0.1) is 12.7 Å². The number of hydrogen-bond donors (Lipinski definition) is 2. The maximum Gasteiger partial charge on any atom is 0.131 e. The van der Waals surface area contributed by atoms with Gasteiger partial charge in [-0.3, -0.25) is 11.3 Å². The molecule has 0 aliphatic carbocycles. The fourth-order valence-electron chi connectivity index (χ4n) is 1.89. The van der Waals surface area contributed by atoms with E-state index < -0.39 is 0 Å². The Balaban J connectivity index is 2.21. The van der Waals surface area contributed by atoms with Crippen LogP contribution in [0.4, 0.5) is 4.39 Å². The molecule has 0 aliphatic rings. The van der Waals surface area contributed by atoms with Crippen LogP contribution in [-0.2, 0) is 6.42 Å². The molecule has 102 valence electrons. The van der Waals surface area contributed by atoms with Crippen molar-refractivity contribution in [2.75, 3.05) is 7.11 Å². The molecule has 1 aromatic heterocycles. The van der Waals surface area contributed by atoms with Crippen molar-refractivity contribution in [3.8, 4) is 5.75 Å². The van der Waals surface area contributed by atoms with E-state index in [1.165, 1.54) is 13.2 Å². The summed E-state index contributed by atoms with van der Waals surface area (Å²) in [6.45, 7) is 1.94. The molecular weight excluding hydrogens is 265 g/mol. The molecule has 19 heavy (non-hydrogen) atoms. The number of thiazole rings is 1. The molecule has 1 aromatic carbocycles. The van der Waals surface area contributed by atoms with Gasteiger partial charge >= 0.3 is 0 Å². The summed E-state index contributed by atoms with van der Waals surface area (Å²) in [5, 5.41) is 2.95. The minimum absolute atomic E-state index is 0.313. The summed E-state index contributed by atoms with van der Waals surface area (Å²) >= 11 is 1.57. The van der Waals surface area contributed by atoms with Gasteiger partial charge in [0.15, 0.2) is 0 Å². The SMILES string of the molecule is COc1ccc(C(Cc2csc(C)n2)NN)c(F)c1. The average Bonchev–Trinajstić information content (AvgIpc) is 2.81. The molecule has 1 unspecified atom stereocenters. The van der Waals surface area contributed by atoms with E-state index in [0.717, 1.165) is 10.7 Å². The Labute approximate surface area is 115 Å². The number of benzene rings is 1. The minimum atomic E-state index is -0.339. The molecule has 2 aromatic rings. The summed E-state index contributed by atoms with van der Waals surface area (Å²) < 4.78 is 19.0. The van der Waals surface area contributed by atoms with Gasteiger partial charge in [0, 0.05) is 23.4 Å². The molecule has 0 aliphatic heterocycles. The lowest BCUT2D eigenvalue weighted by molar-refractivity contribution is 0.409. The Morgan fingerprint density at radius 3 is 2.84 bits per heavy atom. The zero-order chi connectivity index (χ0) is 13.8. The molecule has 6 heteroatoms. The Bertz CT molecular complexity index is 559. The topological polar surface area (TPSA) is 60.2 Å². The monoisotopic (exact) mass is 281 g/mol. The fraction of sp³-hybridized carbons (Fsp3) is 0.308. The van der Waals surface area contributed by atoms with Crippen LogP contribution in [0.3, 0.4) is 0 Å². The number of hydrazine groups is 1. The number of ether oxygens (including phenoxy) is 1. The minimum Gasteiger partial charge on any atom is -0.497 e. The van der Waals surface area contributed by atoms with Crippen LogP contribution in [0.1, 0.15) is 22.3 Å². The molecule has 4 nitrogen and oxygen atoms in total. The van der Waals surface area contributed by atoms with Gasteiger partial charge < -0.3 is 4.74 Å². The molecule has 0 bridgehead atoms. The van der Waals surface area contributed by atoms with Crippen molar-refractivity contribution in [3.63, 3.8) is 0 Å². The first-order valence-corrected chi connectivity index (χ1v) is 6.72. The van der Waals surface area contributed by atoms with Crippen molar-refractivity contribution in [2.45, 2.75) is 19.4 Å². The molecule has 1 heterocycles. The number of aryl methyl sites for hydroxylation is 1. The second kappa shape index (κ2) is 6.10. The van der Waals surface area contributed by atoms with Gasteiger partial charge in [-0.1, -0.05) is 6.07 Å². The summed E-state index contributed by atoms with van der Waals surface area (Å²) in [7, 11) is 1.51. The largest absolute Gasteiger partial charge is 0.497 e. The van der Waals surface area contributed by atoms with Crippen molar-refractivity contribution >= 4 is 11.3 Å². The summed E-state index contributed by atoms with van der Waals surface area (Å²) in [5.41, 5.74) is 4.05. The quantitative estimate of drug-likeness (QED) is 0.652. The number of aromatic nitrogens is 1. The Morgan fingerprint density at radius 1 is 1.53 bits per heavy atom. The van der Waals surface area contributed by atoms with E-state index >= 15 is 0 Å². The third kappa shape index (κ3) is 3.28. The summed E-state index contributed by atoms with van der Waals surface area (Å²) in [6, 6.07) is 4.44. The van der Waals surface area contributed by atoms with Crippen LogP contribution in [0.15, 0.2) is 23.6 Å². The van der Waals surface area contributed by atoms with Gasteiger partial charge in [0.1, 0.15) is 11.6 Å². The first kappa shape index (κ1) is 13.9. The van der Waals surface area contributed by atoms with Crippen molar-refractivity contribution in [1.29, 1.82) is 0 Å². The van der Waals surface area contributed by atoms with E-state index in [9.17, 15) is 4.39 Å². The first-order chi connectivity index (χ1) is 9.13. The highest BCUT2D eigenvalue weighted by Crippen LogP contribution is 2.24. The van der Waals surface area contributed by atoms with E-state index in [-0.39, 0.29) is 11.9 Å². The second-order valence-electron chi connectivity index (χ2n) is 4.17. The lowest BCUT2D eigenvalue weighted by Crippen LogP contribution is -2.30. The third-order valence-electron chi connectivity index (χ3n) is 2.86. The number of nitrogens with zero attached hydrogens (tertiary/aromatic N) is 1. The van der Waals surface area contributed by atoms with Crippen molar-refractivity contribution in [2.24, 2.45) is 5.84 Å². The molecular formula is C13H16FN3OS. The second-order valence-corrected chi connectivity index (χ2v) is 5.23. The zero-order valence-electron chi connectivity index (χ0n) is 10.8. The smallest absolute Gasteiger partial charge is 0.131 e. The highest BCUT2D eigenvalue weighted by molar-refractivity contribution is 7.09. The number of halogens is 1. The zero-order valence-corrected chi connectivity index (χ0v) is 11.6. The van der Waals surface area contributed by atoms with Gasteiger partial charge in [-0.25, -0.2) is 9.37 Å². The predicted molar refractivity (Wildman–Crippen MR) is 73.6 cm³/mol. The van der Waals surface area contributed by atoms with E-state index in [0.29, 0.717) is 17.7 Å². The van der Waals surface area contributed by atoms with Gasteiger partial charge in [0.05, 0.1) is 23.9 Å². The number of nitrogens with two attached hydrogens (primary N) is 1. The molecule has 0 spiro atoms. The van der Waals surface area contributed by atoms with Gasteiger partial charge in [-0.05, 0) is 13.0 Å². The van der Waals surface area contributed by atoms with Crippen molar-refractivity contribution in [3.05, 3.63) is 45.7 Å². The molecule has 0 radical (unpaired) electrons. The van der Waals surface area contributed by atoms with Crippen LogP contribution in [0.2, 0.25) is 0 Å². The molecule has 0 amide bonds. The molecule has 0 saturated heterocycles. The van der Waals surface area contributed by atoms with Crippen LogP contribution in [0.25, 0.3) is 0 Å². The van der Waals surface area contributed by atoms with Gasteiger partial charge in [-0.15, -0.1) is 11.3 Å². The van der Waals surface area contributed by atoms with Crippen LogP contribution in [0.5, 0.6) is 5.75 Å². The molecule has 3 N–H and O–H groups in total. The van der Waals surface area contributed by atoms with E-state index in [1.807, 2.05) is 12.3 Å². The molecule has 2 rings (SSSR count). The number of nitrogens with one attached hydrogen (secondary N) is 1. The van der Waals surface area contributed by atoms with Gasteiger partial charge in [0.25, 0.3) is 0 Å². The van der Waals surface area contributed by atoms with Crippen LogP contribution in [-0.4, -0.2) is 12.1 Å².